The molecule has 0 amide bonds. The minimum absolute atomic E-state index is 0.895. The van der Waals surface area contributed by atoms with Crippen LogP contribution in [0.3, 0.4) is 0 Å². The van der Waals surface area contributed by atoms with Gasteiger partial charge in [0.15, 0.2) is 0 Å². The Balaban J connectivity index is 1.21. The second-order valence-corrected chi connectivity index (χ2v) is 14.8. The van der Waals surface area contributed by atoms with Crippen LogP contribution in [0.25, 0.3) is 88.0 Å². The highest BCUT2D eigenvalue weighted by Crippen LogP contribution is 2.50. The van der Waals surface area contributed by atoms with Crippen LogP contribution in [0.1, 0.15) is 0 Å². The van der Waals surface area contributed by atoms with E-state index in [4.69, 9.17) is 4.42 Å². The second-order valence-electron chi connectivity index (χ2n) is 14.8. The molecule has 0 aliphatic rings. The summed E-state index contributed by atoms with van der Waals surface area (Å²) in [6.07, 6.45) is 0. The second kappa shape index (κ2) is 14.1. The van der Waals surface area contributed by atoms with Crippen molar-refractivity contribution in [1.29, 1.82) is 0 Å². The van der Waals surface area contributed by atoms with Gasteiger partial charge in [0.25, 0.3) is 0 Å². The zero-order valence-corrected chi connectivity index (χ0v) is 31.7. The Morgan fingerprint density at radius 1 is 0.310 bits per heavy atom. The van der Waals surface area contributed by atoms with Crippen molar-refractivity contribution in [2.24, 2.45) is 0 Å². The molecule has 10 aromatic carbocycles. The first-order valence-corrected chi connectivity index (χ1v) is 19.8. The Morgan fingerprint density at radius 3 is 1.62 bits per heavy atom. The predicted molar refractivity (Wildman–Crippen MR) is 245 cm³/mol. The number of anilines is 3. The van der Waals surface area contributed by atoms with Crippen LogP contribution >= 0.6 is 0 Å². The third-order valence-electron chi connectivity index (χ3n) is 11.5. The number of benzene rings is 10. The lowest BCUT2D eigenvalue weighted by Gasteiger charge is -2.31. The maximum absolute atomic E-state index is 6.30. The van der Waals surface area contributed by atoms with Crippen molar-refractivity contribution in [2.45, 2.75) is 0 Å². The van der Waals surface area contributed by atoms with Crippen LogP contribution in [0, 0.1) is 0 Å². The first kappa shape index (κ1) is 33.6. The number of fused-ring (bicyclic) bond motifs is 6. The largest absolute Gasteiger partial charge is 0.456 e. The number of furan rings is 1. The average molecular weight is 740 g/mol. The van der Waals surface area contributed by atoms with Crippen LogP contribution < -0.4 is 4.90 Å². The number of rotatable bonds is 7. The summed E-state index contributed by atoms with van der Waals surface area (Å²) in [6.45, 7) is 0. The van der Waals surface area contributed by atoms with E-state index < -0.39 is 0 Å². The fraction of sp³-hybridized carbons (Fsp3) is 0. The van der Waals surface area contributed by atoms with Crippen molar-refractivity contribution in [1.82, 2.24) is 0 Å². The van der Waals surface area contributed by atoms with Crippen LogP contribution in [0.4, 0.5) is 17.1 Å². The van der Waals surface area contributed by atoms with Crippen molar-refractivity contribution in [3.63, 3.8) is 0 Å². The van der Waals surface area contributed by atoms with Crippen LogP contribution in [0.5, 0.6) is 0 Å². The number of nitrogens with zero attached hydrogens (tertiary/aromatic N) is 1. The molecule has 2 nitrogen and oxygen atoms in total. The zero-order chi connectivity index (χ0) is 38.4. The van der Waals surface area contributed by atoms with Crippen LogP contribution in [-0.2, 0) is 0 Å². The predicted octanol–water partition coefficient (Wildman–Crippen LogP) is 16.0. The molecule has 0 bridgehead atoms. The van der Waals surface area contributed by atoms with E-state index >= 15 is 0 Å². The van der Waals surface area contributed by atoms with Gasteiger partial charge in [0.05, 0.1) is 11.4 Å². The van der Waals surface area contributed by atoms with E-state index in [2.05, 4.69) is 217 Å². The minimum Gasteiger partial charge on any atom is -0.456 e. The van der Waals surface area contributed by atoms with Crippen LogP contribution in [-0.4, -0.2) is 0 Å². The lowest BCUT2D eigenvalue weighted by molar-refractivity contribution is 0.669. The molecule has 0 spiro atoms. The molecule has 58 heavy (non-hydrogen) atoms. The van der Waals surface area contributed by atoms with E-state index in [9.17, 15) is 0 Å². The minimum atomic E-state index is 0.895. The lowest BCUT2D eigenvalue weighted by Crippen LogP contribution is -2.12. The Bertz CT molecular complexity index is 3270. The topological polar surface area (TPSA) is 16.4 Å². The number of hydrogen-bond acceptors (Lipinski definition) is 2. The van der Waals surface area contributed by atoms with Gasteiger partial charge >= 0.3 is 0 Å². The van der Waals surface area contributed by atoms with Gasteiger partial charge in [0, 0.05) is 27.4 Å². The molecule has 1 aromatic heterocycles. The molecule has 0 N–H and O–H groups in total. The van der Waals surface area contributed by atoms with Crippen LogP contribution in [0.15, 0.2) is 229 Å². The standard InChI is InChI=1S/C56H37NO/c1-3-17-38(18-4-1)43-22-9-12-26-49(43)55-45(39-19-5-2-6-20-39)28-15-30-51(55)57(52-37-41-21-7-8-23-44(41)47-24-10-11-25-48(47)52)42-35-33-40(34-36-42)46-29-16-32-54-56(46)50-27-13-14-31-53(50)58-54/h1-37H. The van der Waals surface area contributed by atoms with Crippen molar-refractivity contribution in [3.8, 4) is 44.5 Å². The molecule has 2 heteroatoms. The van der Waals surface area contributed by atoms with Gasteiger partial charge in [-0.3, -0.25) is 0 Å². The fourth-order valence-corrected chi connectivity index (χ4v) is 8.87. The molecule has 0 aliphatic carbocycles. The Hall–Kier alpha value is -7.68. The third-order valence-corrected chi connectivity index (χ3v) is 11.5. The van der Waals surface area contributed by atoms with Crippen molar-refractivity contribution in [3.05, 3.63) is 224 Å². The molecule has 0 atom stereocenters. The molecule has 11 rings (SSSR count). The van der Waals surface area contributed by atoms with Gasteiger partial charge < -0.3 is 9.32 Å². The van der Waals surface area contributed by atoms with Crippen LogP contribution in [0.2, 0.25) is 0 Å². The highest BCUT2D eigenvalue weighted by Gasteiger charge is 2.25. The molecule has 0 saturated heterocycles. The van der Waals surface area contributed by atoms with Gasteiger partial charge in [0.2, 0.25) is 0 Å². The molecule has 0 fully saturated rings. The van der Waals surface area contributed by atoms with Crippen molar-refractivity contribution >= 4 is 60.5 Å². The molecule has 11 aromatic rings. The molecule has 0 unspecified atom stereocenters. The third kappa shape index (κ3) is 5.66. The van der Waals surface area contributed by atoms with Gasteiger partial charge in [-0.15, -0.1) is 0 Å². The molecule has 272 valence electrons. The highest BCUT2D eigenvalue weighted by molar-refractivity contribution is 6.16. The monoisotopic (exact) mass is 739 g/mol. The zero-order valence-electron chi connectivity index (χ0n) is 31.7. The van der Waals surface area contributed by atoms with Gasteiger partial charge in [-0.25, -0.2) is 0 Å². The summed E-state index contributed by atoms with van der Waals surface area (Å²) >= 11 is 0. The Kier molecular flexibility index (Phi) is 8.19. The molecule has 0 radical (unpaired) electrons. The SMILES string of the molecule is c1ccc(-c2ccccc2-c2c(-c3ccccc3)cccc2N(c2ccc(-c3cccc4oc5ccccc5c34)cc2)c2cc3ccccc3c3ccccc23)cc1. The maximum Gasteiger partial charge on any atom is 0.136 e. The van der Waals surface area contributed by atoms with Gasteiger partial charge in [-0.1, -0.05) is 188 Å². The molecule has 0 saturated carbocycles. The summed E-state index contributed by atoms with van der Waals surface area (Å²) in [5, 5.41) is 7.11. The van der Waals surface area contributed by atoms with Crippen molar-refractivity contribution in [2.75, 3.05) is 4.90 Å². The van der Waals surface area contributed by atoms with E-state index in [-0.39, 0.29) is 0 Å². The fourth-order valence-electron chi connectivity index (χ4n) is 8.87. The van der Waals surface area contributed by atoms with E-state index in [1.54, 1.807) is 0 Å². The first-order valence-electron chi connectivity index (χ1n) is 19.8. The summed E-state index contributed by atoms with van der Waals surface area (Å²) in [6, 6.07) is 80.8. The summed E-state index contributed by atoms with van der Waals surface area (Å²) in [4.78, 5) is 2.48. The van der Waals surface area contributed by atoms with Crippen molar-refractivity contribution < 1.29 is 4.42 Å². The normalized spacial score (nSPS) is 11.4. The maximum atomic E-state index is 6.30. The van der Waals surface area contributed by atoms with Gasteiger partial charge in [0.1, 0.15) is 11.2 Å². The number of hydrogen-bond donors (Lipinski definition) is 0. The van der Waals surface area contributed by atoms with Gasteiger partial charge in [-0.05, 0) is 91.5 Å². The van der Waals surface area contributed by atoms with Gasteiger partial charge in [-0.2, -0.15) is 0 Å². The highest BCUT2D eigenvalue weighted by atomic mass is 16.3. The molecule has 0 aliphatic heterocycles. The quantitative estimate of drug-likeness (QED) is 0.151. The Morgan fingerprint density at radius 2 is 0.845 bits per heavy atom. The summed E-state index contributed by atoms with van der Waals surface area (Å²) < 4.78 is 6.30. The van der Waals surface area contributed by atoms with E-state index in [0.717, 1.165) is 50.1 Å². The Labute approximate surface area is 337 Å². The summed E-state index contributed by atoms with van der Waals surface area (Å²) in [7, 11) is 0. The molecular weight excluding hydrogens is 703 g/mol. The van der Waals surface area contributed by atoms with E-state index in [0.29, 0.717) is 0 Å². The smallest absolute Gasteiger partial charge is 0.136 e. The first-order chi connectivity index (χ1) is 28.8. The van der Waals surface area contributed by atoms with E-state index in [1.165, 1.54) is 54.9 Å². The summed E-state index contributed by atoms with van der Waals surface area (Å²) in [5.41, 5.74) is 14.4. The molecule has 1 heterocycles. The average Bonchev–Trinajstić information content (AvgIpc) is 3.69. The lowest BCUT2D eigenvalue weighted by atomic mass is 9.87. The molecular formula is C56H37NO. The number of para-hydroxylation sites is 1. The van der Waals surface area contributed by atoms with E-state index in [1.807, 2.05) is 12.1 Å². The summed E-state index contributed by atoms with van der Waals surface area (Å²) in [5.74, 6) is 0.